The molecule has 1 heterocycles. The van der Waals surface area contributed by atoms with Gasteiger partial charge < -0.3 is 5.11 Å². The SMILES string of the molecule is CC1=CC(=O)N(CCCCCCCCCC(=O)O)C1=O. The first-order valence-corrected chi connectivity index (χ1v) is 7.28. The maximum atomic E-state index is 11.6. The molecule has 0 spiro atoms. The topological polar surface area (TPSA) is 74.7 Å². The zero-order valence-corrected chi connectivity index (χ0v) is 12.1. The molecule has 0 aromatic rings. The van der Waals surface area contributed by atoms with E-state index in [1.165, 1.54) is 11.0 Å². The van der Waals surface area contributed by atoms with E-state index in [-0.39, 0.29) is 18.2 Å². The van der Waals surface area contributed by atoms with Crippen LogP contribution in [-0.2, 0) is 14.4 Å². The maximum absolute atomic E-state index is 11.6. The molecule has 0 fully saturated rings. The van der Waals surface area contributed by atoms with Crippen LogP contribution in [0.4, 0.5) is 0 Å². The zero-order chi connectivity index (χ0) is 15.0. The highest BCUT2D eigenvalue weighted by Crippen LogP contribution is 2.14. The van der Waals surface area contributed by atoms with Crippen molar-refractivity contribution < 1.29 is 19.5 Å². The van der Waals surface area contributed by atoms with E-state index < -0.39 is 5.97 Å². The second-order valence-electron chi connectivity index (χ2n) is 5.24. The van der Waals surface area contributed by atoms with Crippen molar-refractivity contribution in [2.75, 3.05) is 6.54 Å². The molecule has 0 aromatic carbocycles. The molecule has 0 aliphatic carbocycles. The van der Waals surface area contributed by atoms with Gasteiger partial charge in [-0.2, -0.15) is 0 Å². The monoisotopic (exact) mass is 281 g/mol. The first kappa shape index (κ1) is 16.4. The standard InChI is InChI=1S/C15H23NO4/c1-12-11-13(17)16(15(12)20)10-8-6-4-2-3-5-7-9-14(18)19/h11H,2-10H2,1H3,(H,18,19). The molecule has 0 bridgehead atoms. The summed E-state index contributed by atoms with van der Waals surface area (Å²) in [4.78, 5) is 34.7. The first-order valence-electron chi connectivity index (χ1n) is 7.28. The lowest BCUT2D eigenvalue weighted by molar-refractivity contribution is -0.138. The number of carbonyl (C=O) groups is 3. The number of carboxylic acid groups (broad SMARTS) is 1. The lowest BCUT2D eigenvalue weighted by Gasteiger charge is -2.13. The Labute approximate surface area is 119 Å². The Morgan fingerprint density at radius 1 is 1.05 bits per heavy atom. The molecule has 5 nitrogen and oxygen atoms in total. The van der Waals surface area contributed by atoms with E-state index >= 15 is 0 Å². The van der Waals surface area contributed by atoms with Gasteiger partial charge in [0.25, 0.3) is 11.8 Å². The molecular weight excluding hydrogens is 258 g/mol. The number of aliphatic carboxylic acids is 1. The van der Waals surface area contributed by atoms with Gasteiger partial charge in [-0.25, -0.2) is 0 Å². The van der Waals surface area contributed by atoms with Crippen LogP contribution in [0.5, 0.6) is 0 Å². The first-order chi connectivity index (χ1) is 9.52. The highest BCUT2D eigenvalue weighted by atomic mass is 16.4. The third-order valence-electron chi connectivity index (χ3n) is 3.46. The van der Waals surface area contributed by atoms with E-state index in [0.717, 1.165) is 44.9 Å². The van der Waals surface area contributed by atoms with Crippen LogP contribution >= 0.6 is 0 Å². The molecule has 1 N–H and O–H groups in total. The van der Waals surface area contributed by atoms with Gasteiger partial charge in [0.1, 0.15) is 0 Å². The fraction of sp³-hybridized carbons (Fsp3) is 0.667. The molecule has 1 aliphatic heterocycles. The van der Waals surface area contributed by atoms with E-state index in [1.807, 2.05) is 0 Å². The number of amides is 2. The summed E-state index contributed by atoms with van der Waals surface area (Å²) < 4.78 is 0. The number of unbranched alkanes of at least 4 members (excludes halogenated alkanes) is 6. The second kappa shape index (κ2) is 8.51. The van der Waals surface area contributed by atoms with Crippen molar-refractivity contribution in [3.63, 3.8) is 0 Å². The molecule has 0 radical (unpaired) electrons. The minimum absolute atomic E-state index is 0.163. The lowest BCUT2D eigenvalue weighted by Crippen LogP contribution is -2.31. The van der Waals surface area contributed by atoms with E-state index in [1.54, 1.807) is 6.92 Å². The largest absolute Gasteiger partial charge is 0.481 e. The minimum Gasteiger partial charge on any atom is -0.481 e. The third kappa shape index (κ3) is 5.55. The summed E-state index contributed by atoms with van der Waals surface area (Å²) in [5.41, 5.74) is 0.522. The van der Waals surface area contributed by atoms with Crippen LogP contribution in [-0.4, -0.2) is 34.3 Å². The van der Waals surface area contributed by atoms with Gasteiger partial charge >= 0.3 is 5.97 Å². The molecule has 0 unspecified atom stereocenters. The lowest BCUT2D eigenvalue weighted by atomic mass is 10.1. The summed E-state index contributed by atoms with van der Waals surface area (Å²) in [7, 11) is 0. The average molecular weight is 281 g/mol. The minimum atomic E-state index is -0.728. The predicted octanol–water partition coefficient (Wildman–Crippen LogP) is 2.51. The Kier molecular flexibility index (Phi) is 6.98. The Hall–Kier alpha value is -1.65. The fourth-order valence-electron chi connectivity index (χ4n) is 2.28. The van der Waals surface area contributed by atoms with Crippen molar-refractivity contribution in [1.29, 1.82) is 0 Å². The van der Waals surface area contributed by atoms with Crippen molar-refractivity contribution >= 4 is 17.8 Å². The Bertz CT molecular complexity index is 401. The van der Waals surface area contributed by atoms with Gasteiger partial charge in [0, 0.05) is 24.6 Å². The summed E-state index contributed by atoms with van der Waals surface area (Å²) in [6, 6.07) is 0. The van der Waals surface area contributed by atoms with Crippen LogP contribution in [0, 0.1) is 0 Å². The molecular formula is C15H23NO4. The highest BCUT2D eigenvalue weighted by Gasteiger charge is 2.27. The van der Waals surface area contributed by atoms with Crippen molar-refractivity contribution in [3.05, 3.63) is 11.6 Å². The molecule has 0 saturated carbocycles. The second-order valence-corrected chi connectivity index (χ2v) is 5.24. The van der Waals surface area contributed by atoms with E-state index in [0.29, 0.717) is 12.1 Å². The van der Waals surface area contributed by atoms with Gasteiger partial charge in [0.15, 0.2) is 0 Å². The van der Waals surface area contributed by atoms with E-state index in [9.17, 15) is 14.4 Å². The van der Waals surface area contributed by atoms with Crippen molar-refractivity contribution in [3.8, 4) is 0 Å². The third-order valence-corrected chi connectivity index (χ3v) is 3.46. The van der Waals surface area contributed by atoms with Crippen LogP contribution in [0.15, 0.2) is 11.6 Å². The molecule has 0 aromatic heterocycles. The number of hydrogen-bond donors (Lipinski definition) is 1. The van der Waals surface area contributed by atoms with Gasteiger partial charge in [-0.3, -0.25) is 19.3 Å². The number of hydrogen-bond acceptors (Lipinski definition) is 3. The van der Waals surface area contributed by atoms with Gasteiger partial charge in [0.2, 0.25) is 0 Å². The summed E-state index contributed by atoms with van der Waals surface area (Å²) in [5, 5.41) is 8.49. The number of nitrogens with zero attached hydrogens (tertiary/aromatic N) is 1. The molecule has 20 heavy (non-hydrogen) atoms. The van der Waals surface area contributed by atoms with Crippen LogP contribution in [0.3, 0.4) is 0 Å². The van der Waals surface area contributed by atoms with Crippen molar-refractivity contribution in [1.82, 2.24) is 4.90 Å². The molecule has 5 heteroatoms. The highest BCUT2D eigenvalue weighted by molar-refractivity contribution is 6.15. The van der Waals surface area contributed by atoms with Gasteiger partial charge in [0.05, 0.1) is 0 Å². The number of carbonyl (C=O) groups excluding carboxylic acids is 2. The van der Waals surface area contributed by atoms with E-state index in [2.05, 4.69) is 0 Å². The summed E-state index contributed by atoms with van der Waals surface area (Å²) >= 11 is 0. The van der Waals surface area contributed by atoms with Crippen LogP contribution in [0.25, 0.3) is 0 Å². The fourth-order valence-corrected chi connectivity index (χ4v) is 2.28. The van der Waals surface area contributed by atoms with Crippen LogP contribution in [0.1, 0.15) is 58.3 Å². The van der Waals surface area contributed by atoms with Crippen molar-refractivity contribution in [2.24, 2.45) is 0 Å². The number of imide groups is 1. The Morgan fingerprint density at radius 3 is 2.10 bits per heavy atom. The average Bonchev–Trinajstić information content (AvgIpc) is 2.62. The predicted molar refractivity (Wildman–Crippen MR) is 75.0 cm³/mol. The molecule has 0 saturated heterocycles. The van der Waals surface area contributed by atoms with Gasteiger partial charge in [-0.15, -0.1) is 0 Å². The maximum Gasteiger partial charge on any atom is 0.303 e. The smallest absolute Gasteiger partial charge is 0.303 e. The molecule has 1 rings (SSSR count). The normalized spacial score (nSPS) is 14.8. The van der Waals surface area contributed by atoms with Gasteiger partial charge in [-0.05, 0) is 19.8 Å². The van der Waals surface area contributed by atoms with Crippen LogP contribution < -0.4 is 0 Å². The van der Waals surface area contributed by atoms with Gasteiger partial charge in [-0.1, -0.05) is 32.1 Å². The number of rotatable bonds is 10. The summed E-state index contributed by atoms with van der Waals surface area (Å²) in [6.45, 7) is 2.17. The quantitative estimate of drug-likeness (QED) is 0.493. The Morgan fingerprint density at radius 2 is 1.60 bits per heavy atom. The number of carboxylic acids is 1. The molecule has 112 valence electrons. The van der Waals surface area contributed by atoms with Crippen LogP contribution in [0.2, 0.25) is 0 Å². The summed E-state index contributed by atoms with van der Waals surface area (Å²) in [6.07, 6.45) is 8.39. The summed E-state index contributed by atoms with van der Waals surface area (Å²) in [5.74, 6) is -1.08. The van der Waals surface area contributed by atoms with Crippen molar-refractivity contribution in [2.45, 2.75) is 58.3 Å². The molecule has 2 amide bonds. The van der Waals surface area contributed by atoms with E-state index in [4.69, 9.17) is 5.11 Å². The molecule has 1 aliphatic rings. The zero-order valence-electron chi connectivity index (χ0n) is 12.1. The molecule has 0 atom stereocenters. The Balaban J connectivity index is 1.97.